The standard InChI is InChI=1S/C26H30N4O4/c1-17-14-19-6-4-5-7-21(19)30(17)26(31)18-10-12-29(13-11-18)16-24-27-25(28-34-24)20-8-9-22(32-2)23(15-20)33-3/h4-9,15,17-18H,10-14,16H2,1-3H3. The Morgan fingerprint density at radius 3 is 2.62 bits per heavy atom. The number of benzene rings is 2. The van der Waals surface area contributed by atoms with E-state index in [2.05, 4.69) is 34.1 Å². The number of aromatic nitrogens is 2. The van der Waals surface area contributed by atoms with Gasteiger partial charge in [-0.05, 0) is 69.1 Å². The first-order chi connectivity index (χ1) is 16.6. The lowest BCUT2D eigenvalue weighted by atomic mass is 9.95. The molecule has 3 heterocycles. The van der Waals surface area contributed by atoms with E-state index in [4.69, 9.17) is 14.0 Å². The number of nitrogens with zero attached hydrogens (tertiary/aromatic N) is 4. The summed E-state index contributed by atoms with van der Waals surface area (Å²) in [6.07, 6.45) is 2.60. The lowest BCUT2D eigenvalue weighted by molar-refractivity contribution is -0.124. The van der Waals surface area contributed by atoms with Crippen LogP contribution in [-0.4, -0.2) is 54.3 Å². The minimum Gasteiger partial charge on any atom is -0.493 e. The minimum atomic E-state index is 0.0508. The zero-order chi connectivity index (χ0) is 23.7. The number of carbonyl (C=O) groups is 1. The number of hydrogen-bond acceptors (Lipinski definition) is 7. The third-order valence-corrected chi connectivity index (χ3v) is 6.85. The highest BCUT2D eigenvalue weighted by atomic mass is 16.5. The molecule has 8 heteroatoms. The third-order valence-electron chi connectivity index (χ3n) is 6.85. The maximum Gasteiger partial charge on any atom is 0.241 e. The van der Waals surface area contributed by atoms with Gasteiger partial charge in [0.25, 0.3) is 0 Å². The second kappa shape index (κ2) is 9.46. The van der Waals surface area contributed by atoms with Gasteiger partial charge in [0, 0.05) is 23.2 Å². The second-order valence-corrected chi connectivity index (χ2v) is 9.02. The van der Waals surface area contributed by atoms with Crippen molar-refractivity contribution in [2.75, 3.05) is 32.2 Å². The van der Waals surface area contributed by atoms with E-state index in [1.54, 1.807) is 14.2 Å². The molecule has 1 saturated heterocycles. The number of carbonyl (C=O) groups excluding carboxylic acids is 1. The number of para-hydroxylation sites is 1. The summed E-state index contributed by atoms with van der Waals surface area (Å²) in [5, 5.41) is 4.14. The number of anilines is 1. The van der Waals surface area contributed by atoms with E-state index in [0.717, 1.165) is 43.6 Å². The topological polar surface area (TPSA) is 80.9 Å². The minimum absolute atomic E-state index is 0.0508. The fourth-order valence-electron chi connectivity index (χ4n) is 5.04. The van der Waals surface area contributed by atoms with Crippen LogP contribution in [0.25, 0.3) is 11.4 Å². The summed E-state index contributed by atoms with van der Waals surface area (Å²) in [4.78, 5) is 22.2. The number of amides is 1. The molecule has 1 atom stereocenters. The van der Waals surface area contributed by atoms with Crippen LogP contribution in [0.3, 0.4) is 0 Å². The molecule has 0 bridgehead atoms. The maximum absolute atomic E-state index is 13.3. The highest BCUT2D eigenvalue weighted by molar-refractivity contribution is 5.97. The highest BCUT2D eigenvalue weighted by Crippen LogP contribution is 2.35. The summed E-state index contributed by atoms with van der Waals surface area (Å²) in [7, 11) is 3.20. The Kier molecular flexibility index (Phi) is 6.24. The van der Waals surface area contributed by atoms with Gasteiger partial charge in [0.2, 0.25) is 17.6 Å². The van der Waals surface area contributed by atoms with Crippen molar-refractivity contribution < 1.29 is 18.8 Å². The quantitative estimate of drug-likeness (QED) is 0.549. The molecule has 0 N–H and O–H groups in total. The maximum atomic E-state index is 13.3. The van der Waals surface area contributed by atoms with Gasteiger partial charge in [-0.15, -0.1) is 0 Å². The zero-order valence-corrected chi connectivity index (χ0v) is 19.9. The number of ether oxygens (including phenoxy) is 2. The van der Waals surface area contributed by atoms with E-state index < -0.39 is 0 Å². The molecular formula is C26H30N4O4. The molecule has 2 aliphatic heterocycles. The molecule has 3 aromatic rings. The van der Waals surface area contributed by atoms with Gasteiger partial charge < -0.3 is 18.9 Å². The summed E-state index contributed by atoms with van der Waals surface area (Å²) < 4.78 is 16.2. The average Bonchev–Trinajstić information content (AvgIpc) is 3.47. The molecule has 1 aromatic heterocycles. The van der Waals surface area contributed by atoms with Gasteiger partial charge in [-0.1, -0.05) is 23.4 Å². The SMILES string of the molecule is COc1ccc(-c2noc(CN3CCC(C(=O)N4c5ccccc5CC4C)CC3)n2)cc1OC. The van der Waals surface area contributed by atoms with Crippen LogP contribution in [0.4, 0.5) is 5.69 Å². The molecule has 0 spiro atoms. The number of rotatable bonds is 6. The Morgan fingerprint density at radius 2 is 1.85 bits per heavy atom. The Bertz CT molecular complexity index is 1170. The molecule has 0 saturated carbocycles. The molecule has 178 valence electrons. The Morgan fingerprint density at radius 1 is 1.09 bits per heavy atom. The number of likely N-dealkylation sites (tertiary alicyclic amines) is 1. The number of piperidine rings is 1. The van der Waals surface area contributed by atoms with E-state index in [1.807, 2.05) is 35.2 Å². The van der Waals surface area contributed by atoms with Gasteiger partial charge in [-0.3, -0.25) is 9.69 Å². The van der Waals surface area contributed by atoms with Gasteiger partial charge in [-0.25, -0.2) is 0 Å². The normalized spacial score (nSPS) is 18.7. The summed E-state index contributed by atoms with van der Waals surface area (Å²) in [5.41, 5.74) is 3.15. The highest BCUT2D eigenvalue weighted by Gasteiger charge is 2.36. The van der Waals surface area contributed by atoms with Crippen LogP contribution in [0, 0.1) is 5.92 Å². The molecule has 34 heavy (non-hydrogen) atoms. The van der Waals surface area contributed by atoms with E-state index in [1.165, 1.54) is 5.56 Å². The van der Waals surface area contributed by atoms with Crippen molar-refractivity contribution in [3.63, 3.8) is 0 Å². The van der Waals surface area contributed by atoms with Crippen LogP contribution in [-0.2, 0) is 17.8 Å². The lowest BCUT2D eigenvalue weighted by Gasteiger charge is -2.34. The zero-order valence-electron chi connectivity index (χ0n) is 19.9. The molecule has 2 aliphatic rings. The van der Waals surface area contributed by atoms with E-state index in [-0.39, 0.29) is 17.9 Å². The van der Waals surface area contributed by atoms with Crippen molar-refractivity contribution in [3.05, 3.63) is 53.9 Å². The summed E-state index contributed by atoms with van der Waals surface area (Å²) in [5.74, 6) is 2.66. The van der Waals surface area contributed by atoms with Crippen molar-refractivity contribution in [1.29, 1.82) is 0 Å². The molecule has 0 aliphatic carbocycles. The van der Waals surface area contributed by atoms with Crippen LogP contribution >= 0.6 is 0 Å². The van der Waals surface area contributed by atoms with Gasteiger partial charge in [-0.2, -0.15) is 4.98 Å². The average molecular weight is 463 g/mol. The molecule has 5 rings (SSSR count). The van der Waals surface area contributed by atoms with Gasteiger partial charge >= 0.3 is 0 Å². The van der Waals surface area contributed by atoms with Crippen molar-refractivity contribution in [1.82, 2.24) is 15.0 Å². The summed E-state index contributed by atoms with van der Waals surface area (Å²) in [6, 6.07) is 14.0. The summed E-state index contributed by atoms with van der Waals surface area (Å²) >= 11 is 0. The van der Waals surface area contributed by atoms with Crippen LogP contribution < -0.4 is 14.4 Å². The number of fused-ring (bicyclic) bond motifs is 1. The number of methoxy groups -OCH3 is 2. The van der Waals surface area contributed by atoms with Crippen LogP contribution in [0.2, 0.25) is 0 Å². The lowest BCUT2D eigenvalue weighted by Crippen LogP contribution is -2.44. The molecule has 8 nitrogen and oxygen atoms in total. The first-order valence-electron chi connectivity index (χ1n) is 11.8. The van der Waals surface area contributed by atoms with Crippen molar-refractivity contribution >= 4 is 11.6 Å². The van der Waals surface area contributed by atoms with Crippen LogP contribution in [0.15, 0.2) is 47.0 Å². The molecule has 1 unspecified atom stereocenters. The van der Waals surface area contributed by atoms with Crippen molar-refractivity contribution in [2.24, 2.45) is 5.92 Å². The molecule has 1 fully saturated rings. The van der Waals surface area contributed by atoms with Crippen LogP contribution in [0.5, 0.6) is 11.5 Å². The Labute approximate surface area is 199 Å². The van der Waals surface area contributed by atoms with Gasteiger partial charge in [0.1, 0.15) is 0 Å². The van der Waals surface area contributed by atoms with Crippen molar-refractivity contribution in [2.45, 2.75) is 38.8 Å². The molecular weight excluding hydrogens is 432 g/mol. The van der Waals surface area contributed by atoms with Gasteiger partial charge in [0.15, 0.2) is 11.5 Å². The molecule has 2 aromatic carbocycles. The first-order valence-corrected chi connectivity index (χ1v) is 11.8. The first kappa shape index (κ1) is 22.4. The third kappa shape index (κ3) is 4.25. The number of hydrogen-bond donors (Lipinski definition) is 0. The van der Waals surface area contributed by atoms with E-state index in [9.17, 15) is 4.79 Å². The fraction of sp³-hybridized carbons (Fsp3) is 0.423. The van der Waals surface area contributed by atoms with E-state index in [0.29, 0.717) is 29.8 Å². The predicted molar refractivity (Wildman–Crippen MR) is 128 cm³/mol. The summed E-state index contributed by atoms with van der Waals surface area (Å²) in [6.45, 7) is 4.37. The largest absolute Gasteiger partial charge is 0.493 e. The Balaban J connectivity index is 1.19. The smallest absolute Gasteiger partial charge is 0.241 e. The van der Waals surface area contributed by atoms with Crippen molar-refractivity contribution in [3.8, 4) is 22.9 Å². The Hall–Kier alpha value is -3.39. The fourth-order valence-corrected chi connectivity index (χ4v) is 5.04. The predicted octanol–water partition coefficient (Wildman–Crippen LogP) is 3.94. The molecule has 0 radical (unpaired) electrons. The van der Waals surface area contributed by atoms with Crippen LogP contribution in [0.1, 0.15) is 31.2 Å². The second-order valence-electron chi connectivity index (χ2n) is 9.02. The molecule has 1 amide bonds. The van der Waals surface area contributed by atoms with E-state index >= 15 is 0 Å². The monoisotopic (exact) mass is 462 g/mol. The van der Waals surface area contributed by atoms with Gasteiger partial charge in [0.05, 0.1) is 20.8 Å².